The van der Waals surface area contributed by atoms with Crippen LogP contribution in [0.15, 0.2) is 42.5 Å². The van der Waals surface area contributed by atoms with Gasteiger partial charge in [0.15, 0.2) is 0 Å². The molecule has 0 heterocycles. The highest BCUT2D eigenvalue weighted by Crippen LogP contribution is 2.33. The van der Waals surface area contributed by atoms with Crippen LogP contribution in [0.25, 0.3) is 0 Å². The topological polar surface area (TPSA) is 127 Å². The van der Waals surface area contributed by atoms with E-state index < -0.39 is 11.8 Å². The van der Waals surface area contributed by atoms with Crippen LogP contribution in [0.4, 0.5) is 5.69 Å². The standard InChI is InChI=1S/C26H34N4O3/c1-16(2)24(19-10-8-18(9-11-19)17-6-4-3-5-7-17)29-15-23(31)30-22-13-20(25(27)32)12-21(14-22)26(28)33/h8-14,16-17,24,29H,3-7,15H2,1-2H3,(H2,27,32)(H2,28,33)(H,30,31)/t24-/m1/s1. The molecule has 0 bridgehead atoms. The number of nitrogens with one attached hydrogen (secondary N) is 2. The molecule has 1 saturated carbocycles. The summed E-state index contributed by atoms with van der Waals surface area (Å²) in [4.78, 5) is 35.6. The molecule has 33 heavy (non-hydrogen) atoms. The molecule has 0 radical (unpaired) electrons. The molecular formula is C26H34N4O3. The first-order valence-corrected chi connectivity index (χ1v) is 11.6. The molecular weight excluding hydrogens is 416 g/mol. The van der Waals surface area contributed by atoms with Crippen LogP contribution in [0.2, 0.25) is 0 Å². The summed E-state index contributed by atoms with van der Waals surface area (Å²) in [6.45, 7) is 4.29. The molecule has 2 aromatic rings. The number of carbonyl (C=O) groups is 3. The van der Waals surface area contributed by atoms with E-state index in [9.17, 15) is 14.4 Å². The molecule has 0 spiro atoms. The highest BCUT2D eigenvalue weighted by Gasteiger charge is 2.19. The van der Waals surface area contributed by atoms with Crippen molar-refractivity contribution in [2.24, 2.45) is 17.4 Å². The second-order valence-electron chi connectivity index (χ2n) is 9.18. The molecule has 1 atom stereocenters. The van der Waals surface area contributed by atoms with E-state index in [-0.39, 0.29) is 35.5 Å². The largest absolute Gasteiger partial charge is 0.366 e. The maximum absolute atomic E-state index is 12.6. The second kappa shape index (κ2) is 11.1. The molecule has 2 aromatic carbocycles. The number of primary amides is 2. The van der Waals surface area contributed by atoms with E-state index in [4.69, 9.17) is 11.5 Å². The average molecular weight is 451 g/mol. The lowest BCUT2D eigenvalue weighted by Gasteiger charge is -2.25. The molecule has 1 aliphatic carbocycles. The van der Waals surface area contributed by atoms with Crippen LogP contribution in [0.1, 0.15) is 89.8 Å². The van der Waals surface area contributed by atoms with Gasteiger partial charge in [-0.1, -0.05) is 57.4 Å². The fraction of sp³-hybridized carbons (Fsp3) is 0.423. The first kappa shape index (κ1) is 24.5. The lowest BCUT2D eigenvalue weighted by Crippen LogP contribution is -2.33. The van der Waals surface area contributed by atoms with Crippen molar-refractivity contribution in [3.63, 3.8) is 0 Å². The van der Waals surface area contributed by atoms with Crippen molar-refractivity contribution in [2.45, 2.75) is 57.9 Å². The summed E-state index contributed by atoms with van der Waals surface area (Å²) in [7, 11) is 0. The third-order valence-electron chi connectivity index (χ3n) is 6.31. The van der Waals surface area contributed by atoms with E-state index in [0.717, 1.165) is 5.56 Å². The van der Waals surface area contributed by atoms with Crippen molar-refractivity contribution in [2.75, 3.05) is 11.9 Å². The molecule has 0 unspecified atom stereocenters. The van der Waals surface area contributed by atoms with Gasteiger partial charge in [0.25, 0.3) is 0 Å². The highest BCUT2D eigenvalue weighted by molar-refractivity contribution is 6.01. The zero-order valence-corrected chi connectivity index (χ0v) is 19.4. The second-order valence-corrected chi connectivity index (χ2v) is 9.18. The SMILES string of the molecule is CC(C)[C@@H](NCC(=O)Nc1cc(C(N)=O)cc(C(N)=O)c1)c1ccc(C2CCCCC2)cc1. The predicted molar refractivity (Wildman–Crippen MR) is 130 cm³/mol. The maximum atomic E-state index is 12.6. The van der Waals surface area contributed by atoms with E-state index in [0.29, 0.717) is 11.6 Å². The minimum Gasteiger partial charge on any atom is -0.366 e. The molecule has 3 amide bonds. The van der Waals surface area contributed by atoms with Gasteiger partial charge < -0.3 is 22.1 Å². The summed E-state index contributed by atoms with van der Waals surface area (Å²) < 4.78 is 0. The lowest BCUT2D eigenvalue weighted by atomic mass is 9.83. The van der Waals surface area contributed by atoms with Gasteiger partial charge >= 0.3 is 0 Å². The summed E-state index contributed by atoms with van der Waals surface area (Å²) in [5.41, 5.74) is 13.7. The van der Waals surface area contributed by atoms with Crippen LogP contribution in [-0.4, -0.2) is 24.3 Å². The summed E-state index contributed by atoms with van der Waals surface area (Å²) in [5.74, 6) is -0.772. The van der Waals surface area contributed by atoms with Gasteiger partial charge in [-0.25, -0.2) is 0 Å². The van der Waals surface area contributed by atoms with Crippen molar-refractivity contribution >= 4 is 23.4 Å². The Morgan fingerprint density at radius 3 is 2.00 bits per heavy atom. The monoisotopic (exact) mass is 450 g/mol. The number of nitrogens with two attached hydrogens (primary N) is 2. The molecule has 7 heteroatoms. The number of benzene rings is 2. The summed E-state index contributed by atoms with van der Waals surface area (Å²) >= 11 is 0. The number of hydrogen-bond acceptors (Lipinski definition) is 4. The normalized spacial score (nSPS) is 15.2. The van der Waals surface area contributed by atoms with Crippen molar-refractivity contribution in [1.82, 2.24) is 5.32 Å². The first-order chi connectivity index (χ1) is 15.7. The molecule has 0 aromatic heterocycles. The minimum absolute atomic E-state index is 0.00860. The Kier molecular flexibility index (Phi) is 8.22. The third-order valence-corrected chi connectivity index (χ3v) is 6.31. The fourth-order valence-electron chi connectivity index (χ4n) is 4.54. The van der Waals surface area contributed by atoms with Gasteiger partial charge in [0, 0.05) is 22.9 Å². The van der Waals surface area contributed by atoms with Gasteiger partial charge in [0.2, 0.25) is 17.7 Å². The summed E-state index contributed by atoms with van der Waals surface area (Å²) in [6.07, 6.45) is 6.48. The number of rotatable bonds is 9. The van der Waals surface area contributed by atoms with Gasteiger partial charge in [0.1, 0.15) is 0 Å². The fourth-order valence-corrected chi connectivity index (χ4v) is 4.54. The van der Waals surface area contributed by atoms with Crippen LogP contribution in [0, 0.1) is 5.92 Å². The van der Waals surface area contributed by atoms with Crippen LogP contribution in [0.3, 0.4) is 0 Å². The Morgan fingerprint density at radius 2 is 1.48 bits per heavy atom. The van der Waals surface area contributed by atoms with E-state index in [1.807, 2.05) is 0 Å². The quantitative estimate of drug-likeness (QED) is 0.462. The average Bonchev–Trinajstić information content (AvgIpc) is 2.79. The van der Waals surface area contributed by atoms with Crippen molar-refractivity contribution in [1.29, 1.82) is 0 Å². The molecule has 7 nitrogen and oxygen atoms in total. The predicted octanol–water partition coefficient (Wildman–Crippen LogP) is 3.86. The smallest absolute Gasteiger partial charge is 0.248 e. The van der Waals surface area contributed by atoms with Gasteiger partial charge in [0.05, 0.1) is 6.54 Å². The molecule has 3 rings (SSSR count). The number of anilines is 1. The van der Waals surface area contributed by atoms with Crippen LogP contribution < -0.4 is 22.1 Å². The van der Waals surface area contributed by atoms with Crippen molar-refractivity contribution in [3.05, 3.63) is 64.7 Å². The highest BCUT2D eigenvalue weighted by atomic mass is 16.2. The Morgan fingerprint density at radius 1 is 0.909 bits per heavy atom. The van der Waals surface area contributed by atoms with E-state index >= 15 is 0 Å². The molecule has 6 N–H and O–H groups in total. The number of amides is 3. The van der Waals surface area contributed by atoms with E-state index in [1.165, 1.54) is 55.9 Å². The van der Waals surface area contributed by atoms with Crippen molar-refractivity contribution in [3.8, 4) is 0 Å². The van der Waals surface area contributed by atoms with Crippen LogP contribution in [0.5, 0.6) is 0 Å². The van der Waals surface area contributed by atoms with Gasteiger partial charge in [-0.2, -0.15) is 0 Å². The van der Waals surface area contributed by atoms with Crippen LogP contribution in [-0.2, 0) is 4.79 Å². The number of carbonyl (C=O) groups excluding carboxylic acids is 3. The Balaban J connectivity index is 1.65. The third kappa shape index (κ3) is 6.65. The molecule has 0 aliphatic heterocycles. The van der Waals surface area contributed by atoms with E-state index in [2.05, 4.69) is 48.7 Å². The molecule has 1 fully saturated rings. The van der Waals surface area contributed by atoms with Crippen molar-refractivity contribution < 1.29 is 14.4 Å². The Bertz CT molecular complexity index is 963. The zero-order valence-electron chi connectivity index (χ0n) is 19.4. The first-order valence-electron chi connectivity index (χ1n) is 11.6. The zero-order chi connectivity index (χ0) is 24.0. The van der Waals surface area contributed by atoms with Gasteiger partial charge in [-0.3, -0.25) is 14.4 Å². The maximum Gasteiger partial charge on any atom is 0.248 e. The van der Waals surface area contributed by atoms with E-state index in [1.54, 1.807) is 0 Å². The summed E-state index contributed by atoms with van der Waals surface area (Å²) in [6, 6.07) is 12.9. The number of hydrogen-bond donors (Lipinski definition) is 4. The van der Waals surface area contributed by atoms with Gasteiger partial charge in [-0.15, -0.1) is 0 Å². The molecule has 176 valence electrons. The minimum atomic E-state index is -0.705. The van der Waals surface area contributed by atoms with Crippen LogP contribution >= 0.6 is 0 Å². The Hall–Kier alpha value is -3.19. The molecule has 0 saturated heterocycles. The lowest BCUT2D eigenvalue weighted by molar-refractivity contribution is -0.115. The summed E-state index contributed by atoms with van der Waals surface area (Å²) in [5, 5.41) is 6.05. The Labute approximate surface area is 195 Å². The van der Waals surface area contributed by atoms with Gasteiger partial charge in [-0.05, 0) is 54.0 Å². The molecule has 1 aliphatic rings.